The van der Waals surface area contributed by atoms with Gasteiger partial charge in [0, 0.05) is 56.2 Å². The normalized spacial score (nSPS) is 15.3. The van der Waals surface area contributed by atoms with Crippen LogP contribution in [-0.2, 0) is 5.41 Å². The lowest BCUT2D eigenvalue weighted by Crippen LogP contribution is -2.27. The molecule has 0 saturated heterocycles. The molecule has 0 saturated carbocycles. The van der Waals surface area contributed by atoms with Crippen LogP contribution in [0.5, 0.6) is 0 Å². The number of fused-ring (bicyclic) bond motifs is 3. The zero-order valence-electron chi connectivity index (χ0n) is 45.3. The number of anilines is 5. The number of allylic oxidation sites excluding steroid dienone is 10. The van der Waals surface area contributed by atoms with E-state index in [0.717, 1.165) is 71.1 Å². The molecule has 12 rings (SSSR count). The molecular weight excluding hydrogens is 931 g/mol. The fourth-order valence-corrected chi connectivity index (χ4v) is 11.7. The van der Waals surface area contributed by atoms with E-state index in [0.29, 0.717) is 0 Å². The van der Waals surface area contributed by atoms with Crippen LogP contribution in [0.2, 0.25) is 0 Å². The summed E-state index contributed by atoms with van der Waals surface area (Å²) < 4.78 is 2.38. The molecule has 1 atom stereocenters. The summed E-state index contributed by atoms with van der Waals surface area (Å²) in [4.78, 5) is 4.88. The number of hydrogen-bond donors (Lipinski definition) is 0. The third-order valence-corrected chi connectivity index (χ3v) is 15.1. The molecule has 3 heteroatoms. The third kappa shape index (κ3) is 9.94. The molecule has 0 aliphatic heterocycles. The minimum atomic E-state index is -0.333. The number of nitrogens with zero attached hydrogens (tertiary/aromatic N) is 3. The van der Waals surface area contributed by atoms with E-state index in [4.69, 9.17) is 0 Å². The monoisotopic (exact) mass is 1000 g/mol. The Morgan fingerprint density at radius 1 is 0.545 bits per heavy atom. The summed E-state index contributed by atoms with van der Waals surface area (Å²) >= 11 is 0. The lowest BCUT2D eigenvalue weighted by atomic mass is 9.70. The van der Waals surface area contributed by atoms with Crippen LogP contribution in [0.15, 0.2) is 273 Å². The van der Waals surface area contributed by atoms with Gasteiger partial charge in [-0.2, -0.15) is 0 Å². The van der Waals surface area contributed by atoms with Crippen molar-refractivity contribution in [3.05, 3.63) is 295 Å². The summed E-state index contributed by atoms with van der Waals surface area (Å²) in [7, 11) is 0. The van der Waals surface area contributed by atoms with Crippen molar-refractivity contribution in [2.24, 2.45) is 0 Å². The van der Waals surface area contributed by atoms with Crippen LogP contribution < -0.4 is 9.80 Å². The van der Waals surface area contributed by atoms with Gasteiger partial charge in [-0.3, -0.25) is 0 Å². The predicted molar refractivity (Wildman–Crippen MR) is 334 cm³/mol. The Bertz CT molecular complexity index is 3660. The maximum absolute atomic E-state index is 4.27. The zero-order valence-corrected chi connectivity index (χ0v) is 45.3. The summed E-state index contributed by atoms with van der Waals surface area (Å²) in [5.74, 6) is 0. The number of rotatable bonds is 12. The molecule has 3 aliphatic rings. The highest BCUT2D eigenvalue weighted by molar-refractivity contribution is 5.98. The second-order valence-electron chi connectivity index (χ2n) is 19.6. The summed E-state index contributed by atoms with van der Waals surface area (Å²) in [6.45, 7) is 18.1. The fraction of sp³-hybridized carbons (Fsp3) is 0.135. The van der Waals surface area contributed by atoms with Crippen LogP contribution in [0, 0.1) is 0 Å². The average molecular weight is 1000 g/mol. The third-order valence-electron chi connectivity index (χ3n) is 15.1. The molecule has 9 aromatic rings. The van der Waals surface area contributed by atoms with Crippen molar-refractivity contribution in [2.75, 3.05) is 9.80 Å². The summed E-state index contributed by atoms with van der Waals surface area (Å²) in [6.07, 6.45) is 21.8. The Kier molecular flexibility index (Phi) is 15.6. The van der Waals surface area contributed by atoms with Gasteiger partial charge in [-0.1, -0.05) is 184 Å². The van der Waals surface area contributed by atoms with E-state index in [2.05, 4.69) is 284 Å². The smallest absolute Gasteiger partial charge is 0.0547 e. The van der Waals surface area contributed by atoms with E-state index >= 15 is 0 Å². The average Bonchev–Trinajstić information content (AvgIpc) is 4.11. The van der Waals surface area contributed by atoms with Crippen LogP contribution in [0.1, 0.15) is 82.7 Å². The van der Waals surface area contributed by atoms with Gasteiger partial charge in [-0.25, -0.2) is 0 Å². The summed E-state index contributed by atoms with van der Waals surface area (Å²) in [5, 5.41) is 1.20. The highest BCUT2D eigenvalue weighted by Crippen LogP contribution is 2.57. The van der Waals surface area contributed by atoms with Crippen LogP contribution in [0.4, 0.5) is 28.4 Å². The predicted octanol–water partition coefficient (Wildman–Crippen LogP) is 21.1. The quantitative estimate of drug-likeness (QED) is 0.113. The first kappa shape index (κ1) is 51.6. The Morgan fingerprint density at radius 3 is 1.73 bits per heavy atom. The van der Waals surface area contributed by atoms with Crippen LogP contribution in [0.3, 0.4) is 0 Å². The minimum Gasteiger partial charge on any atom is -0.314 e. The highest BCUT2D eigenvalue weighted by Gasteiger charge is 2.44. The maximum atomic E-state index is 4.27. The van der Waals surface area contributed by atoms with E-state index in [1.165, 1.54) is 66.7 Å². The van der Waals surface area contributed by atoms with E-state index in [1.807, 2.05) is 26.8 Å². The van der Waals surface area contributed by atoms with E-state index in [9.17, 15) is 0 Å². The Hall–Kier alpha value is -8.92. The molecule has 0 radical (unpaired) electrons. The zero-order chi connectivity index (χ0) is 53.3. The standard InChI is InChI=1S/C69H57N3.C3H6.C2H6/c1-4-22-67-61(5-2)63-42-37-52(46-68(63)72(67)56-31-19-10-20-32-56)51-38-44-65-64(45-51)62-43-41-60(48-66(62)69(65,3)53-25-13-7-14-26-53)71(57-39-35-50(36-40-57)49-23-11-6-12-24-49)59-34-21-33-58(47-59)70(54-27-15-8-16-28-54)55-29-17-9-18-30-55;1-3-2;1-2/h4-6,8-13,15-40,42,44-48H,2,7,14,41,43H2,1,3H3;3H,1H2,2H3;1-2H3/b22-4-;;. The van der Waals surface area contributed by atoms with Crippen LogP contribution in [-0.4, -0.2) is 4.57 Å². The molecule has 1 heterocycles. The lowest BCUT2D eigenvalue weighted by Gasteiger charge is -2.36. The van der Waals surface area contributed by atoms with Crippen molar-refractivity contribution in [3.63, 3.8) is 0 Å². The van der Waals surface area contributed by atoms with Crippen molar-refractivity contribution in [1.29, 1.82) is 0 Å². The van der Waals surface area contributed by atoms with Gasteiger partial charge in [0.05, 0.1) is 11.2 Å². The van der Waals surface area contributed by atoms with E-state index in [-0.39, 0.29) is 5.41 Å². The maximum Gasteiger partial charge on any atom is 0.0547 e. The lowest BCUT2D eigenvalue weighted by molar-refractivity contribution is 0.688. The molecule has 1 unspecified atom stereocenters. The first-order valence-corrected chi connectivity index (χ1v) is 27.4. The molecule has 3 nitrogen and oxygen atoms in total. The number of para-hydroxylation sites is 3. The van der Waals surface area contributed by atoms with Gasteiger partial charge in [-0.05, 0) is 188 Å². The number of benzene rings is 8. The van der Waals surface area contributed by atoms with Crippen molar-refractivity contribution in [2.45, 2.75) is 65.7 Å². The fourth-order valence-electron chi connectivity index (χ4n) is 11.7. The van der Waals surface area contributed by atoms with Crippen molar-refractivity contribution >= 4 is 57.1 Å². The Morgan fingerprint density at radius 2 is 1.10 bits per heavy atom. The van der Waals surface area contributed by atoms with Gasteiger partial charge in [0.25, 0.3) is 0 Å². The van der Waals surface area contributed by atoms with E-state index < -0.39 is 0 Å². The molecule has 0 N–H and O–H groups in total. The highest BCUT2D eigenvalue weighted by atomic mass is 15.2. The first-order chi connectivity index (χ1) is 37.9. The van der Waals surface area contributed by atoms with Crippen molar-refractivity contribution in [3.8, 4) is 27.9 Å². The number of hydrogen-bond acceptors (Lipinski definition) is 2. The molecule has 0 amide bonds. The van der Waals surface area contributed by atoms with Gasteiger partial charge in [0.1, 0.15) is 0 Å². The SMILES string of the molecule is C=CC.C=Cc1c(/C=C\C)n(-c2ccccc2)c2cc(-c3ccc4c(c3)C3=C(C=C(N(c5ccc(-c6ccccc6)cc5)c5cccc(N(c6ccccc6)c6ccccc6)c5)CC3)C4(C)C3=CCCC=C3)ccc12.CC. The van der Waals surface area contributed by atoms with Gasteiger partial charge < -0.3 is 14.4 Å². The Balaban J connectivity index is 0.00000130. The Labute approximate surface area is 457 Å². The van der Waals surface area contributed by atoms with Crippen molar-refractivity contribution in [1.82, 2.24) is 4.57 Å². The van der Waals surface area contributed by atoms with Crippen LogP contribution in [0.25, 0.3) is 56.6 Å². The van der Waals surface area contributed by atoms with E-state index in [1.54, 1.807) is 6.08 Å². The topological polar surface area (TPSA) is 11.4 Å². The minimum absolute atomic E-state index is 0.333. The molecule has 380 valence electrons. The van der Waals surface area contributed by atoms with Crippen LogP contribution >= 0.6 is 0 Å². The second kappa shape index (κ2) is 23.3. The van der Waals surface area contributed by atoms with Gasteiger partial charge >= 0.3 is 0 Å². The first-order valence-electron chi connectivity index (χ1n) is 27.4. The molecule has 77 heavy (non-hydrogen) atoms. The van der Waals surface area contributed by atoms with Gasteiger partial charge in [0.15, 0.2) is 0 Å². The molecular formula is C74H69N3. The molecule has 0 spiro atoms. The second-order valence-corrected chi connectivity index (χ2v) is 19.6. The molecule has 0 fully saturated rings. The molecule has 0 bridgehead atoms. The molecule has 1 aromatic heterocycles. The summed E-state index contributed by atoms with van der Waals surface area (Å²) in [6, 6.07) is 75.3. The van der Waals surface area contributed by atoms with Gasteiger partial charge in [-0.15, -0.1) is 6.58 Å². The number of aromatic nitrogens is 1. The largest absolute Gasteiger partial charge is 0.314 e. The summed E-state index contributed by atoms with van der Waals surface area (Å²) in [5.41, 5.74) is 22.9. The molecule has 3 aliphatic carbocycles. The van der Waals surface area contributed by atoms with Crippen molar-refractivity contribution < 1.29 is 0 Å². The van der Waals surface area contributed by atoms with Gasteiger partial charge in [0.2, 0.25) is 0 Å². The molecule has 8 aromatic carbocycles.